The molecule has 0 heterocycles. The van der Waals surface area contributed by atoms with Crippen molar-refractivity contribution in [2.24, 2.45) is 0 Å². The molecular weight excluding hydrogens is 314 g/mol. The third-order valence-electron chi connectivity index (χ3n) is 4.26. The van der Waals surface area contributed by atoms with E-state index in [1.165, 1.54) is 11.2 Å². The fraction of sp³-hybridized carbons (Fsp3) is 0.588. The molecule has 0 aliphatic heterocycles. The molecule has 2 atom stereocenters. The summed E-state index contributed by atoms with van der Waals surface area (Å²) in [5.41, 5.74) is 2.19. The van der Waals surface area contributed by atoms with Gasteiger partial charge in [-0.3, -0.25) is 4.79 Å². The molecule has 0 N–H and O–H groups in total. The smallest absolute Gasteiger partial charge is 0.226 e. The summed E-state index contributed by atoms with van der Waals surface area (Å²) in [7, 11) is -1.55. The number of benzene rings is 1. The minimum atomic E-state index is -3.18. The summed E-state index contributed by atoms with van der Waals surface area (Å²) in [6, 6.07) is 5.51. The number of rotatable bonds is 7. The average molecular weight is 341 g/mol. The van der Waals surface area contributed by atoms with Gasteiger partial charge in [-0.25, -0.2) is 8.42 Å². The lowest BCUT2D eigenvalue weighted by atomic mass is 10.1. The molecular formula is C17H27NO4S. The molecule has 1 aromatic carbocycles. The molecule has 0 radical (unpaired) electrons. The van der Waals surface area contributed by atoms with Crippen molar-refractivity contribution in [2.45, 2.75) is 45.4 Å². The van der Waals surface area contributed by atoms with Gasteiger partial charge >= 0.3 is 0 Å². The first-order chi connectivity index (χ1) is 10.5. The highest BCUT2D eigenvalue weighted by Crippen LogP contribution is 2.19. The molecule has 0 aliphatic carbocycles. The van der Waals surface area contributed by atoms with Crippen molar-refractivity contribution in [1.82, 2.24) is 4.90 Å². The number of hydrogen-bond donors (Lipinski definition) is 0. The molecule has 0 unspecified atom stereocenters. The van der Waals surface area contributed by atoms with Gasteiger partial charge < -0.3 is 9.64 Å². The van der Waals surface area contributed by atoms with Crippen molar-refractivity contribution < 1.29 is 17.9 Å². The van der Waals surface area contributed by atoms with E-state index in [9.17, 15) is 13.2 Å². The van der Waals surface area contributed by atoms with E-state index in [2.05, 4.69) is 0 Å². The average Bonchev–Trinajstić information content (AvgIpc) is 2.46. The summed E-state index contributed by atoms with van der Waals surface area (Å²) < 4.78 is 28.9. The monoisotopic (exact) mass is 341 g/mol. The number of carbonyl (C=O) groups is 1. The molecule has 0 aromatic heterocycles. The number of nitrogens with zero attached hydrogens (tertiary/aromatic N) is 1. The van der Waals surface area contributed by atoms with Gasteiger partial charge in [-0.15, -0.1) is 0 Å². The first-order valence-corrected chi connectivity index (χ1v) is 9.64. The number of sulfone groups is 1. The molecule has 0 aliphatic rings. The maximum absolute atomic E-state index is 12.2. The molecule has 0 spiro atoms. The number of carbonyl (C=O) groups excluding carboxylic acids is 1. The Labute approximate surface area is 139 Å². The van der Waals surface area contributed by atoms with Crippen LogP contribution in [-0.4, -0.2) is 50.4 Å². The van der Waals surface area contributed by atoms with E-state index in [1.54, 1.807) is 20.9 Å². The van der Waals surface area contributed by atoms with E-state index in [0.29, 0.717) is 0 Å². The van der Waals surface area contributed by atoms with Crippen LogP contribution in [0.4, 0.5) is 0 Å². The Morgan fingerprint density at radius 1 is 1.26 bits per heavy atom. The summed E-state index contributed by atoms with van der Waals surface area (Å²) in [5.74, 6) is 0.640. The topological polar surface area (TPSA) is 63.7 Å². The molecule has 5 nitrogen and oxygen atoms in total. The van der Waals surface area contributed by atoms with Gasteiger partial charge in [0.05, 0.1) is 18.3 Å². The van der Waals surface area contributed by atoms with E-state index in [1.807, 2.05) is 32.0 Å². The standard InChI is InChI=1S/C17H27NO4S/c1-12-7-8-16(13(2)11-12)22-10-9-17(19)18(5)14(3)15(4)23(6,20)21/h7-8,11,14-15H,9-10H2,1-6H3/t14-,15-/m1/s1. The Morgan fingerprint density at radius 2 is 1.87 bits per heavy atom. The molecule has 1 aromatic rings. The Morgan fingerprint density at radius 3 is 2.39 bits per heavy atom. The highest BCUT2D eigenvalue weighted by Gasteiger charge is 2.27. The second kappa shape index (κ2) is 7.81. The zero-order valence-electron chi connectivity index (χ0n) is 14.8. The molecule has 0 saturated carbocycles. The van der Waals surface area contributed by atoms with E-state index < -0.39 is 15.1 Å². The highest BCUT2D eigenvalue weighted by atomic mass is 32.2. The zero-order valence-corrected chi connectivity index (χ0v) is 15.6. The first-order valence-electron chi connectivity index (χ1n) is 7.68. The Hall–Kier alpha value is -1.56. The second-order valence-corrected chi connectivity index (χ2v) is 8.55. The van der Waals surface area contributed by atoms with Gasteiger partial charge in [0.25, 0.3) is 0 Å². The van der Waals surface area contributed by atoms with Crippen LogP contribution in [-0.2, 0) is 14.6 Å². The van der Waals surface area contributed by atoms with Crippen molar-refractivity contribution in [2.75, 3.05) is 19.9 Å². The van der Waals surface area contributed by atoms with Crippen LogP contribution in [0.15, 0.2) is 18.2 Å². The maximum Gasteiger partial charge on any atom is 0.226 e. The van der Waals surface area contributed by atoms with Gasteiger partial charge in [0.2, 0.25) is 5.91 Å². The number of hydrogen-bond acceptors (Lipinski definition) is 4. The van der Waals surface area contributed by atoms with Crippen LogP contribution >= 0.6 is 0 Å². The number of aryl methyl sites for hydroxylation is 2. The fourth-order valence-electron chi connectivity index (χ4n) is 2.29. The van der Waals surface area contributed by atoms with Crippen molar-refractivity contribution in [3.8, 4) is 5.75 Å². The van der Waals surface area contributed by atoms with E-state index in [4.69, 9.17) is 4.74 Å². The largest absolute Gasteiger partial charge is 0.493 e. The summed E-state index contributed by atoms with van der Waals surface area (Å²) >= 11 is 0. The Bertz CT molecular complexity index is 655. The Kier molecular flexibility index (Phi) is 6.62. The lowest BCUT2D eigenvalue weighted by Gasteiger charge is -2.29. The van der Waals surface area contributed by atoms with Gasteiger partial charge in [0, 0.05) is 19.3 Å². The molecule has 6 heteroatoms. The minimum absolute atomic E-state index is 0.127. The summed E-state index contributed by atoms with van der Waals surface area (Å²) in [6.45, 7) is 7.61. The molecule has 0 fully saturated rings. The van der Waals surface area contributed by atoms with Crippen LogP contribution in [0.5, 0.6) is 5.75 Å². The predicted octanol–water partition coefficient (Wildman–Crippen LogP) is 2.35. The summed E-state index contributed by atoms with van der Waals surface area (Å²) in [4.78, 5) is 13.7. The van der Waals surface area contributed by atoms with Crippen molar-refractivity contribution in [1.29, 1.82) is 0 Å². The van der Waals surface area contributed by atoms with Crippen LogP contribution in [0.2, 0.25) is 0 Å². The zero-order chi connectivity index (χ0) is 17.8. The predicted molar refractivity (Wildman–Crippen MR) is 92.6 cm³/mol. The van der Waals surface area contributed by atoms with Crippen molar-refractivity contribution >= 4 is 15.7 Å². The molecule has 130 valence electrons. The number of amides is 1. The highest BCUT2D eigenvalue weighted by molar-refractivity contribution is 7.91. The van der Waals surface area contributed by atoms with Crippen LogP contribution in [0.1, 0.15) is 31.4 Å². The fourth-order valence-corrected chi connectivity index (χ4v) is 3.18. The number of ether oxygens (including phenoxy) is 1. The van der Waals surface area contributed by atoms with Crippen LogP contribution in [0.25, 0.3) is 0 Å². The molecule has 0 bridgehead atoms. The van der Waals surface area contributed by atoms with Gasteiger partial charge in [0.15, 0.2) is 9.84 Å². The third kappa shape index (κ3) is 5.53. The van der Waals surface area contributed by atoms with E-state index in [0.717, 1.165) is 16.9 Å². The van der Waals surface area contributed by atoms with E-state index >= 15 is 0 Å². The van der Waals surface area contributed by atoms with Crippen molar-refractivity contribution in [3.05, 3.63) is 29.3 Å². The summed E-state index contributed by atoms with van der Waals surface area (Å²) in [5, 5.41) is -0.600. The lowest BCUT2D eigenvalue weighted by molar-refractivity contribution is -0.132. The third-order valence-corrected chi connectivity index (χ3v) is 6.01. The first kappa shape index (κ1) is 19.5. The van der Waals surface area contributed by atoms with Crippen LogP contribution < -0.4 is 4.74 Å². The van der Waals surface area contributed by atoms with Gasteiger partial charge in [-0.2, -0.15) is 0 Å². The second-order valence-electron chi connectivity index (χ2n) is 6.15. The van der Waals surface area contributed by atoms with Crippen LogP contribution in [0, 0.1) is 13.8 Å². The lowest BCUT2D eigenvalue weighted by Crippen LogP contribution is -2.44. The van der Waals surface area contributed by atoms with Gasteiger partial charge in [-0.05, 0) is 39.3 Å². The molecule has 23 heavy (non-hydrogen) atoms. The summed E-state index contributed by atoms with van der Waals surface area (Å²) in [6.07, 6.45) is 1.40. The molecule has 1 rings (SSSR count). The molecule has 0 saturated heterocycles. The maximum atomic E-state index is 12.2. The molecule has 1 amide bonds. The van der Waals surface area contributed by atoms with Gasteiger partial charge in [-0.1, -0.05) is 17.7 Å². The van der Waals surface area contributed by atoms with E-state index in [-0.39, 0.29) is 25.0 Å². The van der Waals surface area contributed by atoms with Crippen LogP contribution in [0.3, 0.4) is 0 Å². The quantitative estimate of drug-likeness (QED) is 0.764. The SMILES string of the molecule is Cc1ccc(OCCC(=O)N(C)[C@H](C)[C@@H](C)S(C)(=O)=O)c(C)c1. The van der Waals surface area contributed by atoms with Crippen molar-refractivity contribution in [3.63, 3.8) is 0 Å². The Balaban J connectivity index is 2.56. The normalized spacial score (nSPS) is 14.2. The minimum Gasteiger partial charge on any atom is -0.493 e. The van der Waals surface area contributed by atoms with Gasteiger partial charge in [0.1, 0.15) is 5.75 Å².